The summed E-state index contributed by atoms with van der Waals surface area (Å²) in [6.45, 7) is 7.05. The normalized spacial score (nSPS) is 30.3. The molecule has 0 aromatic carbocycles. The summed E-state index contributed by atoms with van der Waals surface area (Å²) in [5.74, 6) is 2.58. The van der Waals surface area contributed by atoms with Crippen molar-refractivity contribution in [3.05, 3.63) is 12.2 Å². The second-order valence-corrected chi connectivity index (χ2v) is 6.35. The standard InChI is InChI=1S/C16H29NO/c1-3-16(4-2,7-8-18)12-17-11-15-10-13-5-6-14(15)9-13/h5-6,13-15,17-18H,3-4,7-12H2,1-2H3. The van der Waals surface area contributed by atoms with Crippen LogP contribution in [-0.2, 0) is 0 Å². The van der Waals surface area contributed by atoms with Crippen molar-refractivity contribution < 1.29 is 5.11 Å². The maximum Gasteiger partial charge on any atom is 0.0436 e. The molecule has 2 N–H and O–H groups in total. The molecule has 3 unspecified atom stereocenters. The quantitative estimate of drug-likeness (QED) is 0.650. The second-order valence-electron chi connectivity index (χ2n) is 6.35. The van der Waals surface area contributed by atoms with Crippen LogP contribution in [0, 0.1) is 23.2 Å². The van der Waals surface area contributed by atoms with Crippen molar-refractivity contribution in [2.24, 2.45) is 23.2 Å². The highest BCUT2D eigenvalue weighted by Gasteiger charge is 2.35. The first-order valence-corrected chi connectivity index (χ1v) is 7.73. The summed E-state index contributed by atoms with van der Waals surface area (Å²) >= 11 is 0. The zero-order valence-corrected chi connectivity index (χ0v) is 12.0. The monoisotopic (exact) mass is 251 g/mol. The van der Waals surface area contributed by atoms with Crippen molar-refractivity contribution in [2.45, 2.75) is 46.0 Å². The van der Waals surface area contributed by atoms with Crippen LogP contribution in [0.2, 0.25) is 0 Å². The molecule has 0 amide bonds. The van der Waals surface area contributed by atoms with Crippen molar-refractivity contribution in [2.75, 3.05) is 19.7 Å². The van der Waals surface area contributed by atoms with Gasteiger partial charge in [-0.2, -0.15) is 0 Å². The predicted molar refractivity (Wildman–Crippen MR) is 76.4 cm³/mol. The molecule has 0 saturated heterocycles. The topological polar surface area (TPSA) is 32.3 Å². The molecular formula is C16H29NO. The van der Waals surface area contributed by atoms with E-state index < -0.39 is 0 Å². The van der Waals surface area contributed by atoms with Crippen molar-refractivity contribution in [3.63, 3.8) is 0 Å². The van der Waals surface area contributed by atoms with Crippen LogP contribution in [0.25, 0.3) is 0 Å². The lowest BCUT2D eigenvalue weighted by molar-refractivity contribution is 0.161. The number of rotatable bonds is 8. The molecule has 104 valence electrons. The fourth-order valence-corrected chi connectivity index (χ4v) is 3.83. The maximum atomic E-state index is 9.22. The molecule has 2 bridgehead atoms. The van der Waals surface area contributed by atoms with E-state index in [2.05, 4.69) is 31.3 Å². The number of hydrogen-bond donors (Lipinski definition) is 2. The van der Waals surface area contributed by atoms with Gasteiger partial charge in [0.1, 0.15) is 0 Å². The Morgan fingerprint density at radius 2 is 2.00 bits per heavy atom. The van der Waals surface area contributed by atoms with Gasteiger partial charge in [-0.15, -0.1) is 0 Å². The van der Waals surface area contributed by atoms with Gasteiger partial charge in [0.15, 0.2) is 0 Å². The summed E-state index contributed by atoms with van der Waals surface area (Å²) in [6.07, 6.45) is 10.9. The van der Waals surface area contributed by atoms with Crippen LogP contribution in [0.1, 0.15) is 46.0 Å². The Morgan fingerprint density at radius 1 is 1.22 bits per heavy atom. The molecule has 0 heterocycles. The first kappa shape index (κ1) is 14.1. The van der Waals surface area contributed by atoms with Crippen molar-refractivity contribution in [3.8, 4) is 0 Å². The smallest absolute Gasteiger partial charge is 0.0436 e. The van der Waals surface area contributed by atoms with Crippen molar-refractivity contribution in [1.82, 2.24) is 5.32 Å². The van der Waals surface area contributed by atoms with Gasteiger partial charge in [0.25, 0.3) is 0 Å². The molecule has 1 fully saturated rings. The van der Waals surface area contributed by atoms with Gasteiger partial charge >= 0.3 is 0 Å². The van der Waals surface area contributed by atoms with Crippen molar-refractivity contribution >= 4 is 0 Å². The third-order valence-corrected chi connectivity index (χ3v) is 5.47. The van der Waals surface area contributed by atoms with Crippen LogP contribution >= 0.6 is 0 Å². The van der Waals surface area contributed by atoms with Crippen LogP contribution in [-0.4, -0.2) is 24.8 Å². The Balaban J connectivity index is 1.75. The molecule has 0 aromatic heterocycles. The SMILES string of the molecule is CCC(CC)(CCO)CNCC1CC2C=CC1C2. The molecule has 2 rings (SSSR count). The molecule has 0 radical (unpaired) electrons. The van der Waals surface area contributed by atoms with E-state index >= 15 is 0 Å². The fraction of sp³-hybridized carbons (Fsp3) is 0.875. The summed E-state index contributed by atoms with van der Waals surface area (Å²) in [5, 5.41) is 12.9. The number of nitrogens with one attached hydrogen (secondary N) is 1. The Labute approximate surface area is 112 Å². The van der Waals surface area contributed by atoms with E-state index in [1.54, 1.807) is 0 Å². The molecule has 3 atom stereocenters. The van der Waals surface area contributed by atoms with Gasteiger partial charge in [0.2, 0.25) is 0 Å². The van der Waals surface area contributed by atoms with Gasteiger partial charge in [0.05, 0.1) is 0 Å². The predicted octanol–water partition coefficient (Wildman–Crippen LogP) is 2.98. The maximum absolute atomic E-state index is 9.22. The molecule has 2 heteroatoms. The Morgan fingerprint density at radius 3 is 2.50 bits per heavy atom. The van der Waals surface area contributed by atoms with E-state index in [0.29, 0.717) is 12.0 Å². The van der Waals surface area contributed by atoms with E-state index in [-0.39, 0.29) is 0 Å². The highest BCUT2D eigenvalue weighted by molar-refractivity contribution is 5.10. The lowest BCUT2D eigenvalue weighted by Gasteiger charge is -2.32. The van der Waals surface area contributed by atoms with Gasteiger partial charge in [-0.1, -0.05) is 26.0 Å². The van der Waals surface area contributed by atoms with E-state index in [4.69, 9.17) is 0 Å². The minimum Gasteiger partial charge on any atom is -0.396 e. The van der Waals surface area contributed by atoms with Crippen LogP contribution in [0.5, 0.6) is 0 Å². The molecule has 1 saturated carbocycles. The fourth-order valence-electron chi connectivity index (χ4n) is 3.83. The molecular weight excluding hydrogens is 222 g/mol. The molecule has 2 aliphatic rings. The number of aliphatic hydroxyl groups is 1. The molecule has 2 nitrogen and oxygen atoms in total. The number of fused-ring (bicyclic) bond motifs is 2. The van der Waals surface area contributed by atoms with Gasteiger partial charge in [-0.05, 0) is 61.8 Å². The zero-order valence-electron chi connectivity index (χ0n) is 12.0. The average Bonchev–Trinajstić information content (AvgIpc) is 3.00. The molecule has 0 spiro atoms. The minimum absolute atomic E-state index is 0.308. The van der Waals surface area contributed by atoms with Crippen LogP contribution in [0.15, 0.2) is 12.2 Å². The zero-order chi connectivity index (χ0) is 13.0. The molecule has 18 heavy (non-hydrogen) atoms. The van der Waals surface area contributed by atoms with Gasteiger partial charge in [-0.3, -0.25) is 0 Å². The van der Waals surface area contributed by atoms with Gasteiger partial charge in [-0.25, -0.2) is 0 Å². The van der Waals surface area contributed by atoms with Crippen LogP contribution in [0.4, 0.5) is 0 Å². The minimum atomic E-state index is 0.308. The molecule has 0 aromatic rings. The summed E-state index contributed by atoms with van der Waals surface area (Å²) in [5.41, 5.74) is 0.308. The molecule has 0 aliphatic heterocycles. The highest BCUT2D eigenvalue weighted by atomic mass is 16.3. The van der Waals surface area contributed by atoms with Crippen molar-refractivity contribution in [1.29, 1.82) is 0 Å². The van der Waals surface area contributed by atoms with E-state index in [1.807, 2.05) is 0 Å². The highest BCUT2D eigenvalue weighted by Crippen LogP contribution is 2.43. The number of aliphatic hydroxyl groups excluding tert-OH is 1. The first-order valence-electron chi connectivity index (χ1n) is 7.73. The average molecular weight is 251 g/mol. The van der Waals surface area contributed by atoms with E-state index in [9.17, 15) is 5.11 Å². The van der Waals surface area contributed by atoms with E-state index in [0.717, 1.165) is 43.6 Å². The summed E-state index contributed by atoms with van der Waals surface area (Å²) in [7, 11) is 0. The lowest BCUT2D eigenvalue weighted by atomic mass is 9.79. The number of allylic oxidation sites excluding steroid dienone is 2. The van der Waals surface area contributed by atoms with Gasteiger partial charge < -0.3 is 10.4 Å². The third kappa shape index (κ3) is 2.97. The lowest BCUT2D eigenvalue weighted by Crippen LogP contribution is -2.37. The second kappa shape index (κ2) is 6.21. The Bertz CT molecular complexity index is 283. The Kier molecular flexibility index (Phi) is 4.85. The summed E-state index contributed by atoms with van der Waals surface area (Å²) in [4.78, 5) is 0. The van der Waals surface area contributed by atoms with Crippen LogP contribution in [0.3, 0.4) is 0 Å². The third-order valence-electron chi connectivity index (χ3n) is 5.47. The van der Waals surface area contributed by atoms with E-state index in [1.165, 1.54) is 19.4 Å². The number of hydrogen-bond acceptors (Lipinski definition) is 2. The van der Waals surface area contributed by atoms with Gasteiger partial charge in [0, 0.05) is 13.2 Å². The summed E-state index contributed by atoms with van der Waals surface area (Å²) in [6, 6.07) is 0. The molecule has 2 aliphatic carbocycles. The first-order chi connectivity index (χ1) is 8.73. The summed E-state index contributed by atoms with van der Waals surface area (Å²) < 4.78 is 0. The largest absolute Gasteiger partial charge is 0.396 e. The Hall–Kier alpha value is -0.340. The van der Waals surface area contributed by atoms with Crippen LogP contribution < -0.4 is 5.32 Å².